The Hall–Kier alpha value is -2.08. The van der Waals surface area contributed by atoms with E-state index in [0.717, 1.165) is 5.76 Å². The van der Waals surface area contributed by atoms with Crippen LogP contribution in [0, 0.1) is 0 Å². The van der Waals surface area contributed by atoms with Gasteiger partial charge in [-0.15, -0.1) is 0 Å². The molecule has 6 heteroatoms. The zero-order chi connectivity index (χ0) is 13.1. The fraction of sp³-hybridized carbons (Fsp3) is 0.333. The smallest absolute Gasteiger partial charge is 0.244 e. The summed E-state index contributed by atoms with van der Waals surface area (Å²) in [5.74, 6) is 0.559. The highest BCUT2D eigenvalue weighted by molar-refractivity contribution is 5.82. The highest BCUT2D eigenvalue weighted by atomic mass is 16.3. The quantitative estimate of drug-likeness (QED) is 0.862. The van der Waals surface area contributed by atoms with Gasteiger partial charge in [0.2, 0.25) is 5.91 Å². The lowest BCUT2D eigenvalue weighted by atomic mass is 10.1. The second-order valence-corrected chi connectivity index (χ2v) is 4.20. The molecule has 96 valence electrons. The minimum atomic E-state index is -0.696. The fourth-order valence-corrected chi connectivity index (χ4v) is 1.69. The molecule has 2 N–H and O–H groups in total. The van der Waals surface area contributed by atoms with Crippen LogP contribution in [0.5, 0.6) is 0 Å². The first-order valence-corrected chi connectivity index (χ1v) is 5.59. The number of aromatic nitrogens is 2. The molecule has 1 amide bonds. The summed E-state index contributed by atoms with van der Waals surface area (Å²) < 4.78 is 6.81. The Labute approximate surface area is 105 Å². The van der Waals surface area contributed by atoms with Crippen LogP contribution in [0.4, 0.5) is 0 Å². The number of carbonyl (C=O) groups is 1. The highest BCUT2D eigenvalue weighted by Gasteiger charge is 2.21. The van der Waals surface area contributed by atoms with Gasteiger partial charge < -0.3 is 15.1 Å². The van der Waals surface area contributed by atoms with Crippen molar-refractivity contribution in [2.45, 2.75) is 12.6 Å². The predicted molar refractivity (Wildman–Crippen MR) is 65.3 cm³/mol. The molecule has 0 fully saturated rings. The van der Waals surface area contributed by atoms with E-state index in [-0.39, 0.29) is 5.91 Å². The van der Waals surface area contributed by atoms with Crippen molar-refractivity contribution in [1.29, 1.82) is 0 Å². The number of amides is 1. The molecule has 2 rings (SSSR count). The Kier molecular flexibility index (Phi) is 3.47. The third kappa shape index (κ3) is 2.60. The van der Waals surface area contributed by atoms with Gasteiger partial charge >= 0.3 is 0 Å². The van der Waals surface area contributed by atoms with Crippen molar-refractivity contribution in [3.8, 4) is 0 Å². The summed E-state index contributed by atoms with van der Waals surface area (Å²) in [5, 5.41) is 4.00. The molecule has 2 heterocycles. The van der Waals surface area contributed by atoms with E-state index >= 15 is 0 Å². The van der Waals surface area contributed by atoms with Gasteiger partial charge in [-0.3, -0.25) is 9.48 Å². The number of carbonyl (C=O) groups excluding carboxylic acids is 1. The van der Waals surface area contributed by atoms with Crippen LogP contribution in [0.25, 0.3) is 0 Å². The van der Waals surface area contributed by atoms with E-state index in [1.54, 1.807) is 43.5 Å². The van der Waals surface area contributed by atoms with Gasteiger partial charge in [-0.1, -0.05) is 0 Å². The molecule has 0 radical (unpaired) electrons. The summed E-state index contributed by atoms with van der Waals surface area (Å²) in [7, 11) is 3.48. The van der Waals surface area contributed by atoms with Crippen LogP contribution >= 0.6 is 0 Å². The summed E-state index contributed by atoms with van der Waals surface area (Å²) in [6.45, 7) is 0.403. The molecule has 0 bridgehead atoms. The van der Waals surface area contributed by atoms with Crippen LogP contribution in [-0.4, -0.2) is 27.6 Å². The van der Waals surface area contributed by atoms with Gasteiger partial charge in [-0.2, -0.15) is 5.10 Å². The van der Waals surface area contributed by atoms with Gasteiger partial charge in [0, 0.05) is 25.9 Å². The van der Waals surface area contributed by atoms with E-state index < -0.39 is 6.04 Å². The van der Waals surface area contributed by atoms with Gasteiger partial charge in [-0.05, 0) is 12.1 Å². The Morgan fingerprint density at radius 2 is 2.44 bits per heavy atom. The van der Waals surface area contributed by atoms with Crippen molar-refractivity contribution in [1.82, 2.24) is 14.7 Å². The van der Waals surface area contributed by atoms with Crippen LogP contribution < -0.4 is 5.73 Å². The van der Waals surface area contributed by atoms with Gasteiger partial charge in [0.1, 0.15) is 11.8 Å². The number of aryl methyl sites for hydroxylation is 1. The third-order valence-corrected chi connectivity index (χ3v) is 2.70. The summed E-state index contributed by atoms with van der Waals surface area (Å²) >= 11 is 0. The fourth-order valence-electron chi connectivity index (χ4n) is 1.69. The number of nitrogens with two attached hydrogens (primary N) is 1. The molecular weight excluding hydrogens is 232 g/mol. The van der Waals surface area contributed by atoms with E-state index in [9.17, 15) is 4.79 Å². The van der Waals surface area contributed by atoms with Crippen molar-refractivity contribution in [3.63, 3.8) is 0 Å². The average molecular weight is 248 g/mol. The maximum atomic E-state index is 12.1. The third-order valence-electron chi connectivity index (χ3n) is 2.70. The summed E-state index contributed by atoms with van der Waals surface area (Å²) in [4.78, 5) is 13.6. The molecule has 0 aliphatic heterocycles. The predicted octanol–water partition coefficient (Wildman–Crippen LogP) is 0.671. The molecule has 1 atom stereocenters. The molecule has 0 saturated carbocycles. The van der Waals surface area contributed by atoms with E-state index in [2.05, 4.69) is 5.10 Å². The second kappa shape index (κ2) is 5.05. The molecule has 6 nitrogen and oxygen atoms in total. The summed E-state index contributed by atoms with van der Waals surface area (Å²) in [6, 6.07) is 2.91. The van der Waals surface area contributed by atoms with Crippen LogP contribution in [0.1, 0.15) is 17.4 Å². The summed E-state index contributed by atoms with van der Waals surface area (Å²) in [5.41, 5.74) is 6.61. The maximum Gasteiger partial charge on any atom is 0.244 e. The van der Waals surface area contributed by atoms with Crippen molar-refractivity contribution in [2.24, 2.45) is 12.8 Å². The van der Waals surface area contributed by atoms with Crippen LogP contribution in [0.2, 0.25) is 0 Å². The Morgan fingerprint density at radius 1 is 1.67 bits per heavy atom. The maximum absolute atomic E-state index is 12.1. The van der Waals surface area contributed by atoms with Gasteiger partial charge in [0.05, 0.1) is 19.0 Å². The Bertz CT molecular complexity index is 518. The minimum absolute atomic E-state index is 0.167. The monoisotopic (exact) mass is 248 g/mol. The molecule has 2 aromatic rings. The largest absolute Gasteiger partial charge is 0.467 e. The lowest BCUT2D eigenvalue weighted by Crippen LogP contribution is -2.35. The number of hydrogen-bond acceptors (Lipinski definition) is 4. The van der Waals surface area contributed by atoms with Gasteiger partial charge in [-0.25, -0.2) is 0 Å². The first-order valence-electron chi connectivity index (χ1n) is 5.59. The molecule has 0 aliphatic rings. The topological polar surface area (TPSA) is 77.3 Å². The lowest BCUT2D eigenvalue weighted by molar-refractivity contribution is -0.132. The van der Waals surface area contributed by atoms with Crippen molar-refractivity contribution in [2.75, 3.05) is 7.05 Å². The van der Waals surface area contributed by atoms with Gasteiger partial charge in [0.25, 0.3) is 0 Å². The normalized spacial score (nSPS) is 12.4. The van der Waals surface area contributed by atoms with Gasteiger partial charge in [0.15, 0.2) is 0 Å². The van der Waals surface area contributed by atoms with Crippen molar-refractivity contribution < 1.29 is 9.21 Å². The molecular formula is C12H16N4O2. The van der Waals surface area contributed by atoms with E-state index in [4.69, 9.17) is 10.2 Å². The SMILES string of the molecule is CN(Cc1ccco1)C(=O)C(N)c1cnn(C)c1. The van der Waals surface area contributed by atoms with Crippen molar-refractivity contribution >= 4 is 5.91 Å². The Morgan fingerprint density at radius 3 is 3.00 bits per heavy atom. The van der Waals surface area contributed by atoms with Crippen molar-refractivity contribution in [3.05, 3.63) is 42.1 Å². The molecule has 2 aromatic heterocycles. The highest BCUT2D eigenvalue weighted by Crippen LogP contribution is 2.13. The van der Waals surface area contributed by atoms with Crippen LogP contribution in [0.3, 0.4) is 0 Å². The van der Waals surface area contributed by atoms with Crippen LogP contribution in [0.15, 0.2) is 35.2 Å². The molecule has 0 saturated heterocycles. The molecule has 0 spiro atoms. The van der Waals surface area contributed by atoms with E-state index in [0.29, 0.717) is 12.1 Å². The number of furan rings is 1. The zero-order valence-corrected chi connectivity index (χ0v) is 10.4. The lowest BCUT2D eigenvalue weighted by Gasteiger charge is -2.19. The zero-order valence-electron chi connectivity index (χ0n) is 10.4. The first-order chi connectivity index (χ1) is 8.58. The molecule has 0 aromatic carbocycles. The first kappa shape index (κ1) is 12.4. The standard InChI is InChI=1S/C12H16N4O2/c1-15(8-10-4-3-5-18-10)12(17)11(13)9-6-14-16(2)7-9/h3-7,11H,8,13H2,1-2H3. The van der Waals surface area contributed by atoms with E-state index in [1.807, 2.05) is 6.07 Å². The summed E-state index contributed by atoms with van der Waals surface area (Å²) in [6.07, 6.45) is 4.92. The second-order valence-electron chi connectivity index (χ2n) is 4.20. The molecule has 18 heavy (non-hydrogen) atoms. The average Bonchev–Trinajstić information content (AvgIpc) is 2.98. The van der Waals surface area contributed by atoms with E-state index in [1.165, 1.54) is 4.90 Å². The molecule has 0 aliphatic carbocycles. The Balaban J connectivity index is 2.02. The molecule has 1 unspecified atom stereocenters. The number of nitrogens with zero attached hydrogens (tertiary/aromatic N) is 3. The number of likely N-dealkylation sites (N-methyl/N-ethyl adjacent to an activating group) is 1. The number of hydrogen-bond donors (Lipinski definition) is 1. The van der Waals surface area contributed by atoms with Crippen LogP contribution in [-0.2, 0) is 18.4 Å². The number of rotatable bonds is 4. The minimum Gasteiger partial charge on any atom is -0.467 e.